The van der Waals surface area contributed by atoms with Gasteiger partial charge in [0.15, 0.2) is 11.1 Å². The highest BCUT2D eigenvalue weighted by molar-refractivity contribution is 7.15. The maximum absolute atomic E-state index is 7.48. The van der Waals surface area contributed by atoms with Crippen LogP contribution in [0.5, 0.6) is 0 Å². The molecule has 0 bridgehead atoms. The molecule has 4 nitrogen and oxygen atoms in total. The van der Waals surface area contributed by atoms with Crippen LogP contribution in [-0.4, -0.2) is 10.9 Å². The monoisotopic (exact) mass is 340 g/mol. The zero-order valence-electron chi connectivity index (χ0n) is 13.8. The summed E-state index contributed by atoms with van der Waals surface area (Å²) in [5.41, 5.74) is 8.47. The van der Waals surface area contributed by atoms with Gasteiger partial charge in [0.1, 0.15) is 0 Å². The molecule has 4 rings (SSSR count). The number of thiazole rings is 1. The smallest absolute Gasteiger partial charge is 0.192 e. The van der Waals surface area contributed by atoms with E-state index in [0.29, 0.717) is 5.92 Å². The minimum absolute atomic E-state index is 0.0293. The Kier molecular flexibility index (Phi) is 4.04. The largest absolute Gasteiger partial charge is 0.370 e. The molecular formula is C19H24N4S. The van der Waals surface area contributed by atoms with Crippen molar-refractivity contribution in [2.24, 2.45) is 5.73 Å². The quantitative estimate of drug-likeness (QED) is 0.561. The molecule has 2 aliphatic rings. The molecule has 1 saturated carbocycles. The number of aromatic nitrogens is 1. The summed E-state index contributed by atoms with van der Waals surface area (Å²) in [6.45, 7) is 0. The molecule has 5 heteroatoms. The number of benzene rings is 1. The van der Waals surface area contributed by atoms with Crippen molar-refractivity contribution in [3.63, 3.8) is 0 Å². The van der Waals surface area contributed by atoms with Crippen LogP contribution in [0.1, 0.15) is 60.6 Å². The predicted molar refractivity (Wildman–Crippen MR) is 99.9 cm³/mol. The molecule has 1 aromatic carbocycles. The second kappa shape index (κ2) is 6.20. The Labute approximate surface area is 147 Å². The summed E-state index contributed by atoms with van der Waals surface area (Å²) in [5.74, 6) is 0.542. The summed E-state index contributed by atoms with van der Waals surface area (Å²) in [7, 11) is 0. The molecule has 1 spiro atoms. The van der Waals surface area contributed by atoms with E-state index >= 15 is 0 Å². The average molecular weight is 340 g/mol. The maximum Gasteiger partial charge on any atom is 0.192 e. The molecule has 2 aliphatic carbocycles. The fourth-order valence-corrected chi connectivity index (χ4v) is 5.74. The van der Waals surface area contributed by atoms with Gasteiger partial charge >= 0.3 is 0 Å². The van der Waals surface area contributed by atoms with Gasteiger partial charge < -0.3 is 11.1 Å². The first-order chi connectivity index (χ1) is 11.7. The van der Waals surface area contributed by atoms with Gasteiger partial charge in [-0.3, -0.25) is 5.41 Å². The zero-order chi connectivity index (χ0) is 16.6. The van der Waals surface area contributed by atoms with E-state index in [1.54, 1.807) is 11.3 Å². The molecule has 126 valence electrons. The second-order valence-corrected chi connectivity index (χ2v) is 8.27. The summed E-state index contributed by atoms with van der Waals surface area (Å²) in [6, 6.07) is 10.9. The Hall–Kier alpha value is -1.88. The van der Waals surface area contributed by atoms with Crippen LogP contribution in [0.4, 0.5) is 5.13 Å². The van der Waals surface area contributed by atoms with Crippen molar-refractivity contribution in [2.75, 3.05) is 5.32 Å². The molecule has 0 radical (unpaired) electrons. The normalized spacial score (nSPS) is 22.1. The SMILES string of the molecule is N=C(N)Nc1nc2c(s1)C[C@H](c1ccccc1)CC21CCCCC1. The predicted octanol–water partition coefficient (Wildman–Crippen LogP) is 4.38. The van der Waals surface area contributed by atoms with Crippen molar-refractivity contribution in [2.45, 2.75) is 56.3 Å². The highest BCUT2D eigenvalue weighted by atomic mass is 32.1. The Morgan fingerprint density at radius 2 is 1.96 bits per heavy atom. The standard InChI is InChI=1S/C19H24N4S/c20-17(21)23-18-22-16-15(24-18)11-14(13-7-3-1-4-8-13)12-19(16)9-5-2-6-10-19/h1,3-4,7-8,14H,2,5-6,9-12H2,(H4,20,21,22,23)/t14-/m0/s1. The first-order valence-corrected chi connectivity index (χ1v) is 9.64. The summed E-state index contributed by atoms with van der Waals surface area (Å²) in [6.07, 6.45) is 8.68. The lowest BCUT2D eigenvalue weighted by molar-refractivity contribution is 0.236. The van der Waals surface area contributed by atoms with Crippen molar-refractivity contribution in [3.8, 4) is 0 Å². The third kappa shape index (κ3) is 2.81. The van der Waals surface area contributed by atoms with Crippen LogP contribution in [0.3, 0.4) is 0 Å². The molecule has 2 aromatic rings. The number of anilines is 1. The van der Waals surface area contributed by atoms with Crippen LogP contribution in [-0.2, 0) is 11.8 Å². The molecule has 0 saturated heterocycles. The summed E-state index contributed by atoms with van der Waals surface area (Å²) < 4.78 is 0. The Morgan fingerprint density at radius 1 is 1.21 bits per heavy atom. The minimum Gasteiger partial charge on any atom is -0.370 e. The van der Waals surface area contributed by atoms with E-state index in [-0.39, 0.29) is 11.4 Å². The number of fused-ring (bicyclic) bond motifs is 2. The van der Waals surface area contributed by atoms with E-state index in [1.165, 1.54) is 54.7 Å². The van der Waals surface area contributed by atoms with Crippen LogP contribution in [0.2, 0.25) is 0 Å². The molecule has 0 unspecified atom stereocenters. The van der Waals surface area contributed by atoms with Crippen molar-refractivity contribution < 1.29 is 0 Å². The third-order valence-electron chi connectivity index (χ3n) is 5.59. The van der Waals surface area contributed by atoms with Crippen LogP contribution in [0.25, 0.3) is 0 Å². The third-order valence-corrected chi connectivity index (χ3v) is 6.58. The van der Waals surface area contributed by atoms with Gasteiger partial charge in [-0.2, -0.15) is 0 Å². The van der Waals surface area contributed by atoms with Crippen molar-refractivity contribution in [1.82, 2.24) is 4.98 Å². The lowest BCUT2D eigenvalue weighted by Gasteiger charge is -2.42. The molecule has 4 N–H and O–H groups in total. The van der Waals surface area contributed by atoms with E-state index in [2.05, 4.69) is 35.6 Å². The molecule has 0 aliphatic heterocycles. The lowest BCUT2D eigenvalue weighted by Crippen LogP contribution is -2.36. The number of hydrogen-bond donors (Lipinski definition) is 3. The van der Waals surface area contributed by atoms with Crippen LogP contribution < -0.4 is 11.1 Å². The fraction of sp³-hybridized carbons (Fsp3) is 0.474. The van der Waals surface area contributed by atoms with E-state index in [9.17, 15) is 0 Å². The Morgan fingerprint density at radius 3 is 2.67 bits per heavy atom. The van der Waals surface area contributed by atoms with Gasteiger partial charge in [-0.05, 0) is 37.2 Å². The Bertz CT molecular complexity index is 731. The average Bonchev–Trinajstić information content (AvgIpc) is 2.99. The zero-order valence-corrected chi connectivity index (χ0v) is 14.7. The number of guanidine groups is 1. The Balaban J connectivity index is 1.73. The van der Waals surface area contributed by atoms with Crippen LogP contribution in [0.15, 0.2) is 30.3 Å². The first-order valence-electron chi connectivity index (χ1n) is 8.82. The number of hydrogen-bond acceptors (Lipinski definition) is 3. The summed E-state index contributed by atoms with van der Waals surface area (Å²) in [4.78, 5) is 6.27. The van der Waals surface area contributed by atoms with Gasteiger partial charge in [0, 0.05) is 10.3 Å². The van der Waals surface area contributed by atoms with Gasteiger partial charge in [-0.1, -0.05) is 49.6 Å². The summed E-state index contributed by atoms with van der Waals surface area (Å²) >= 11 is 1.69. The molecule has 0 amide bonds. The summed E-state index contributed by atoms with van der Waals surface area (Å²) in [5, 5.41) is 11.2. The van der Waals surface area contributed by atoms with Crippen molar-refractivity contribution >= 4 is 22.4 Å². The number of rotatable bonds is 2. The molecule has 1 aromatic heterocycles. The fourth-order valence-electron chi connectivity index (χ4n) is 4.57. The van der Waals surface area contributed by atoms with Crippen molar-refractivity contribution in [3.05, 3.63) is 46.5 Å². The van der Waals surface area contributed by atoms with E-state index < -0.39 is 0 Å². The van der Waals surface area contributed by atoms with E-state index in [0.717, 1.165) is 11.6 Å². The lowest BCUT2D eigenvalue weighted by atomic mass is 9.62. The van der Waals surface area contributed by atoms with Gasteiger partial charge in [-0.15, -0.1) is 11.3 Å². The van der Waals surface area contributed by atoms with Crippen LogP contribution >= 0.6 is 11.3 Å². The number of nitrogens with two attached hydrogens (primary N) is 1. The molecule has 1 fully saturated rings. The highest BCUT2D eigenvalue weighted by Gasteiger charge is 2.44. The van der Waals surface area contributed by atoms with Crippen molar-refractivity contribution in [1.29, 1.82) is 5.41 Å². The molecular weight excluding hydrogens is 316 g/mol. The molecule has 1 heterocycles. The van der Waals surface area contributed by atoms with Crippen LogP contribution in [0, 0.1) is 5.41 Å². The van der Waals surface area contributed by atoms with Gasteiger partial charge in [0.2, 0.25) is 0 Å². The second-order valence-electron chi connectivity index (χ2n) is 7.19. The molecule has 24 heavy (non-hydrogen) atoms. The van der Waals surface area contributed by atoms with E-state index in [4.69, 9.17) is 16.1 Å². The van der Waals surface area contributed by atoms with Gasteiger partial charge in [0.05, 0.1) is 5.69 Å². The first kappa shape index (κ1) is 15.6. The highest BCUT2D eigenvalue weighted by Crippen LogP contribution is 2.52. The van der Waals surface area contributed by atoms with Gasteiger partial charge in [0.25, 0.3) is 0 Å². The minimum atomic E-state index is -0.0293. The maximum atomic E-state index is 7.48. The van der Waals surface area contributed by atoms with E-state index in [1.807, 2.05) is 0 Å². The topological polar surface area (TPSA) is 74.8 Å². The number of nitrogens with one attached hydrogen (secondary N) is 2. The number of nitrogens with zero attached hydrogens (tertiary/aromatic N) is 1. The molecule has 1 atom stereocenters. The van der Waals surface area contributed by atoms with Gasteiger partial charge in [-0.25, -0.2) is 4.98 Å².